The topological polar surface area (TPSA) is 88.9 Å². The minimum atomic E-state index is -0.159. The first-order valence-electron chi connectivity index (χ1n) is 10.8. The molecule has 1 heterocycles. The Labute approximate surface area is 202 Å². The van der Waals surface area contributed by atoms with Gasteiger partial charge in [-0.2, -0.15) is 0 Å². The average Bonchev–Trinajstić information content (AvgIpc) is 3.23. The molecule has 0 saturated heterocycles. The molecule has 0 fully saturated rings. The van der Waals surface area contributed by atoms with Crippen molar-refractivity contribution < 1.29 is 9.59 Å². The SMILES string of the molecule is CC(=O)Nc1ccc(NC(=O)CSc2nnc(-c3ccccc3)n2-c2cc(C)cc(C)c2)cc1. The van der Waals surface area contributed by atoms with Gasteiger partial charge in [0, 0.05) is 23.9 Å². The van der Waals surface area contributed by atoms with Gasteiger partial charge in [-0.05, 0) is 61.4 Å². The zero-order chi connectivity index (χ0) is 24.1. The predicted molar refractivity (Wildman–Crippen MR) is 136 cm³/mol. The first-order valence-corrected chi connectivity index (χ1v) is 11.8. The molecule has 4 rings (SSSR count). The molecule has 0 aliphatic carbocycles. The summed E-state index contributed by atoms with van der Waals surface area (Å²) >= 11 is 1.33. The van der Waals surface area contributed by atoms with Crippen LogP contribution in [-0.4, -0.2) is 32.3 Å². The van der Waals surface area contributed by atoms with E-state index in [9.17, 15) is 9.59 Å². The molecule has 8 heteroatoms. The minimum absolute atomic E-state index is 0.143. The first-order chi connectivity index (χ1) is 16.4. The number of anilines is 2. The smallest absolute Gasteiger partial charge is 0.234 e. The monoisotopic (exact) mass is 471 g/mol. The lowest BCUT2D eigenvalue weighted by Crippen LogP contribution is -2.14. The van der Waals surface area contributed by atoms with E-state index < -0.39 is 0 Å². The molecule has 2 N–H and O–H groups in total. The lowest BCUT2D eigenvalue weighted by atomic mass is 10.1. The van der Waals surface area contributed by atoms with Crippen molar-refractivity contribution in [3.8, 4) is 17.1 Å². The van der Waals surface area contributed by atoms with Gasteiger partial charge in [0.1, 0.15) is 0 Å². The largest absolute Gasteiger partial charge is 0.326 e. The minimum Gasteiger partial charge on any atom is -0.326 e. The Morgan fingerprint density at radius 3 is 2.09 bits per heavy atom. The maximum atomic E-state index is 12.6. The van der Waals surface area contributed by atoms with Crippen LogP contribution in [0.2, 0.25) is 0 Å². The number of carbonyl (C=O) groups excluding carboxylic acids is 2. The van der Waals surface area contributed by atoms with Crippen LogP contribution in [0, 0.1) is 13.8 Å². The number of thioether (sulfide) groups is 1. The van der Waals surface area contributed by atoms with Crippen LogP contribution < -0.4 is 10.6 Å². The molecule has 34 heavy (non-hydrogen) atoms. The molecule has 0 radical (unpaired) electrons. The zero-order valence-electron chi connectivity index (χ0n) is 19.2. The van der Waals surface area contributed by atoms with Crippen molar-refractivity contribution >= 4 is 35.0 Å². The summed E-state index contributed by atoms with van der Waals surface area (Å²) in [6.07, 6.45) is 0. The van der Waals surface area contributed by atoms with Crippen molar-refractivity contribution in [1.82, 2.24) is 14.8 Å². The maximum Gasteiger partial charge on any atom is 0.234 e. The van der Waals surface area contributed by atoms with Crippen molar-refractivity contribution in [2.75, 3.05) is 16.4 Å². The van der Waals surface area contributed by atoms with E-state index in [1.165, 1.54) is 18.7 Å². The second-order valence-electron chi connectivity index (χ2n) is 7.95. The van der Waals surface area contributed by atoms with Gasteiger partial charge in [0.2, 0.25) is 11.8 Å². The van der Waals surface area contributed by atoms with Crippen LogP contribution in [0.3, 0.4) is 0 Å². The van der Waals surface area contributed by atoms with Crippen LogP contribution in [-0.2, 0) is 9.59 Å². The Morgan fingerprint density at radius 2 is 1.47 bits per heavy atom. The van der Waals surface area contributed by atoms with Gasteiger partial charge in [-0.25, -0.2) is 0 Å². The molecule has 7 nitrogen and oxygen atoms in total. The number of hydrogen-bond acceptors (Lipinski definition) is 5. The highest BCUT2D eigenvalue weighted by atomic mass is 32.2. The summed E-state index contributed by atoms with van der Waals surface area (Å²) in [5.74, 6) is 0.595. The molecule has 0 spiro atoms. The maximum absolute atomic E-state index is 12.6. The van der Waals surface area contributed by atoms with E-state index in [1.807, 2.05) is 34.9 Å². The van der Waals surface area contributed by atoms with E-state index in [2.05, 4.69) is 52.9 Å². The van der Waals surface area contributed by atoms with Crippen LogP contribution in [0.15, 0.2) is 78.0 Å². The summed E-state index contributed by atoms with van der Waals surface area (Å²) in [5, 5.41) is 15.1. The number of amides is 2. The fourth-order valence-electron chi connectivity index (χ4n) is 3.62. The number of rotatable bonds is 7. The van der Waals surface area contributed by atoms with Crippen LogP contribution in [0.1, 0.15) is 18.1 Å². The Hall–Kier alpha value is -3.91. The Bertz CT molecular complexity index is 1300. The molecule has 0 aliphatic heterocycles. The van der Waals surface area contributed by atoms with Gasteiger partial charge in [0.05, 0.1) is 11.4 Å². The van der Waals surface area contributed by atoms with Crippen molar-refractivity contribution in [3.05, 3.63) is 83.9 Å². The van der Waals surface area contributed by atoms with Crippen molar-refractivity contribution in [2.45, 2.75) is 25.9 Å². The summed E-state index contributed by atoms with van der Waals surface area (Å²) in [6.45, 7) is 5.56. The molecular weight excluding hydrogens is 446 g/mol. The molecule has 0 bridgehead atoms. The predicted octanol–water partition coefficient (Wildman–Crippen LogP) is 5.24. The number of hydrogen-bond donors (Lipinski definition) is 2. The second kappa shape index (κ2) is 10.4. The van der Waals surface area contributed by atoms with Crippen LogP contribution >= 0.6 is 11.8 Å². The molecule has 0 aliphatic rings. The molecule has 1 aromatic heterocycles. The van der Waals surface area contributed by atoms with Gasteiger partial charge in [-0.3, -0.25) is 14.2 Å². The number of aromatic nitrogens is 3. The average molecular weight is 472 g/mol. The number of carbonyl (C=O) groups is 2. The summed E-state index contributed by atoms with van der Waals surface area (Å²) in [7, 11) is 0. The fraction of sp³-hybridized carbons (Fsp3) is 0.154. The third kappa shape index (κ3) is 5.71. The van der Waals surface area contributed by atoms with Gasteiger partial charge >= 0.3 is 0 Å². The van der Waals surface area contributed by atoms with E-state index in [1.54, 1.807) is 24.3 Å². The molecule has 4 aromatic rings. The van der Waals surface area contributed by atoms with Gasteiger partial charge in [-0.15, -0.1) is 10.2 Å². The quantitative estimate of drug-likeness (QED) is 0.360. The molecule has 0 atom stereocenters. The number of nitrogens with zero attached hydrogens (tertiary/aromatic N) is 3. The second-order valence-corrected chi connectivity index (χ2v) is 8.89. The lowest BCUT2D eigenvalue weighted by molar-refractivity contribution is -0.114. The Balaban J connectivity index is 1.54. The third-order valence-electron chi connectivity index (χ3n) is 4.95. The lowest BCUT2D eigenvalue weighted by Gasteiger charge is -2.12. The van der Waals surface area contributed by atoms with Gasteiger partial charge in [-0.1, -0.05) is 48.2 Å². The highest BCUT2D eigenvalue weighted by Crippen LogP contribution is 2.29. The normalized spacial score (nSPS) is 10.7. The highest BCUT2D eigenvalue weighted by Gasteiger charge is 2.18. The Morgan fingerprint density at radius 1 is 0.853 bits per heavy atom. The molecule has 2 amide bonds. The number of nitrogens with one attached hydrogen (secondary N) is 2. The third-order valence-corrected chi connectivity index (χ3v) is 5.88. The highest BCUT2D eigenvalue weighted by molar-refractivity contribution is 7.99. The summed E-state index contributed by atoms with van der Waals surface area (Å²) in [5.41, 5.74) is 5.51. The summed E-state index contributed by atoms with van der Waals surface area (Å²) in [4.78, 5) is 23.8. The van der Waals surface area contributed by atoms with Crippen LogP contribution in [0.5, 0.6) is 0 Å². The van der Waals surface area contributed by atoms with E-state index in [-0.39, 0.29) is 17.6 Å². The van der Waals surface area contributed by atoms with Crippen molar-refractivity contribution in [1.29, 1.82) is 0 Å². The number of aryl methyl sites for hydroxylation is 2. The number of benzene rings is 3. The molecule has 172 valence electrons. The summed E-state index contributed by atoms with van der Waals surface area (Å²) in [6, 6.07) is 23.2. The fourth-order valence-corrected chi connectivity index (χ4v) is 4.37. The van der Waals surface area contributed by atoms with Crippen LogP contribution in [0.25, 0.3) is 17.1 Å². The van der Waals surface area contributed by atoms with E-state index in [0.717, 1.165) is 28.2 Å². The van der Waals surface area contributed by atoms with Gasteiger partial charge < -0.3 is 10.6 Å². The van der Waals surface area contributed by atoms with E-state index >= 15 is 0 Å². The van der Waals surface area contributed by atoms with Gasteiger partial charge in [0.25, 0.3) is 0 Å². The van der Waals surface area contributed by atoms with E-state index in [4.69, 9.17) is 0 Å². The van der Waals surface area contributed by atoms with Crippen LogP contribution in [0.4, 0.5) is 11.4 Å². The zero-order valence-corrected chi connectivity index (χ0v) is 20.0. The molecular formula is C26H25N5O2S. The Kier molecular flexibility index (Phi) is 7.08. The van der Waals surface area contributed by atoms with Gasteiger partial charge in [0.15, 0.2) is 11.0 Å². The van der Waals surface area contributed by atoms with Crippen molar-refractivity contribution in [3.63, 3.8) is 0 Å². The van der Waals surface area contributed by atoms with E-state index in [0.29, 0.717) is 16.5 Å². The van der Waals surface area contributed by atoms with Crippen molar-refractivity contribution in [2.24, 2.45) is 0 Å². The molecule has 3 aromatic carbocycles. The first kappa shape index (κ1) is 23.3. The molecule has 0 saturated carbocycles. The molecule has 0 unspecified atom stereocenters. The summed E-state index contributed by atoms with van der Waals surface area (Å²) < 4.78 is 2.00. The standard InChI is InChI=1S/C26H25N5O2S/c1-17-13-18(2)15-23(14-17)31-25(20-7-5-4-6-8-20)29-30-26(31)34-16-24(33)28-22-11-9-21(10-12-22)27-19(3)32/h4-15H,16H2,1-3H3,(H,27,32)(H,28,33).